The quantitative estimate of drug-likeness (QED) is 0.824. The van der Waals surface area contributed by atoms with E-state index in [0.29, 0.717) is 0 Å². The Bertz CT molecular complexity index is 617. The van der Waals surface area contributed by atoms with Crippen molar-refractivity contribution in [2.75, 3.05) is 13.7 Å². The zero-order valence-electron chi connectivity index (χ0n) is 10.7. The van der Waals surface area contributed by atoms with Gasteiger partial charge in [-0.15, -0.1) is 0 Å². The van der Waals surface area contributed by atoms with E-state index in [9.17, 15) is 13.2 Å². The van der Waals surface area contributed by atoms with Crippen molar-refractivity contribution >= 4 is 39.2 Å². The fraction of sp³-hybridized carbons (Fsp3) is 0.364. The van der Waals surface area contributed by atoms with Gasteiger partial charge in [-0.3, -0.25) is 0 Å². The highest BCUT2D eigenvalue weighted by Gasteiger charge is 2.21. The number of carbonyl (C=O) groups is 1. The number of esters is 1. The molecule has 1 unspecified atom stereocenters. The van der Waals surface area contributed by atoms with Gasteiger partial charge in [0.05, 0.1) is 27.1 Å². The molecule has 0 radical (unpaired) electrons. The van der Waals surface area contributed by atoms with Crippen molar-refractivity contribution in [2.24, 2.45) is 5.14 Å². The van der Waals surface area contributed by atoms with Gasteiger partial charge in [-0.1, -0.05) is 23.2 Å². The molecule has 0 aromatic heterocycles. The minimum Gasteiger partial charge on any atom is -0.457 e. The SMILES string of the molecule is COCC(C)OC(=O)c1cc(S(N)(=O)=O)cc(Cl)c1Cl. The summed E-state index contributed by atoms with van der Waals surface area (Å²) < 4.78 is 32.5. The average molecular weight is 342 g/mol. The lowest BCUT2D eigenvalue weighted by atomic mass is 10.2. The number of carbonyl (C=O) groups excluding carboxylic acids is 1. The van der Waals surface area contributed by atoms with Gasteiger partial charge in [0.25, 0.3) is 0 Å². The lowest BCUT2D eigenvalue weighted by Crippen LogP contribution is -2.20. The van der Waals surface area contributed by atoms with Gasteiger partial charge in [-0.25, -0.2) is 18.4 Å². The molecule has 0 amide bonds. The number of hydrogen-bond acceptors (Lipinski definition) is 5. The van der Waals surface area contributed by atoms with Gasteiger partial charge in [-0.05, 0) is 19.1 Å². The van der Waals surface area contributed by atoms with Crippen molar-refractivity contribution in [2.45, 2.75) is 17.9 Å². The number of hydrogen-bond donors (Lipinski definition) is 1. The van der Waals surface area contributed by atoms with Crippen LogP contribution in [0.2, 0.25) is 10.0 Å². The Hall–Kier alpha value is -0.860. The number of halogens is 2. The van der Waals surface area contributed by atoms with E-state index in [1.165, 1.54) is 7.11 Å². The van der Waals surface area contributed by atoms with Gasteiger partial charge < -0.3 is 9.47 Å². The molecular weight excluding hydrogens is 329 g/mol. The van der Waals surface area contributed by atoms with Crippen molar-refractivity contribution in [3.05, 3.63) is 27.7 Å². The van der Waals surface area contributed by atoms with Crippen molar-refractivity contribution in [3.8, 4) is 0 Å². The summed E-state index contributed by atoms with van der Waals surface area (Å²) in [6, 6.07) is 2.08. The molecule has 1 rings (SSSR count). The number of ether oxygens (including phenoxy) is 2. The van der Waals surface area contributed by atoms with Crippen LogP contribution in [-0.2, 0) is 19.5 Å². The van der Waals surface area contributed by atoms with Gasteiger partial charge in [0, 0.05) is 7.11 Å². The highest BCUT2D eigenvalue weighted by atomic mass is 35.5. The molecule has 2 N–H and O–H groups in total. The standard InChI is InChI=1S/C11H13Cl2NO5S/c1-6(5-18-2)19-11(15)8-3-7(20(14,16)17)4-9(12)10(8)13/h3-4,6H,5H2,1-2H3,(H2,14,16,17). The summed E-state index contributed by atoms with van der Waals surface area (Å²) in [6.45, 7) is 1.80. The summed E-state index contributed by atoms with van der Waals surface area (Å²) in [7, 11) is -2.56. The molecule has 112 valence electrons. The highest BCUT2D eigenvalue weighted by molar-refractivity contribution is 7.89. The number of primary sulfonamides is 1. The molecule has 0 aliphatic carbocycles. The molecule has 0 aliphatic heterocycles. The first-order chi connectivity index (χ1) is 9.16. The van der Waals surface area contributed by atoms with Gasteiger partial charge >= 0.3 is 5.97 Å². The predicted octanol–water partition coefficient (Wildman–Crippen LogP) is 1.83. The maximum Gasteiger partial charge on any atom is 0.340 e. The van der Waals surface area contributed by atoms with E-state index in [0.717, 1.165) is 12.1 Å². The zero-order valence-corrected chi connectivity index (χ0v) is 13.1. The Kier molecular flexibility index (Phi) is 5.79. The van der Waals surface area contributed by atoms with Crippen LogP contribution >= 0.6 is 23.2 Å². The second kappa shape index (κ2) is 6.73. The van der Waals surface area contributed by atoms with Gasteiger partial charge in [0.2, 0.25) is 10.0 Å². The van der Waals surface area contributed by atoms with Crippen LogP contribution < -0.4 is 5.14 Å². The normalized spacial score (nSPS) is 13.1. The third-order valence-corrected chi connectivity index (χ3v) is 3.95. The largest absolute Gasteiger partial charge is 0.457 e. The van der Waals surface area contributed by atoms with Crippen LogP contribution in [0.5, 0.6) is 0 Å². The van der Waals surface area contributed by atoms with Gasteiger partial charge in [0.15, 0.2) is 0 Å². The molecule has 1 atom stereocenters. The summed E-state index contributed by atoms with van der Waals surface area (Å²) in [5.41, 5.74) is -0.175. The maximum absolute atomic E-state index is 11.9. The summed E-state index contributed by atoms with van der Waals surface area (Å²) >= 11 is 11.7. The lowest BCUT2D eigenvalue weighted by molar-refractivity contribution is 0.0120. The van der Waals surface area contributed by atoms with E-state index in [1.807, 2.05) is 0 Å². The zero-order chi connectivity index (χ0) is 15.5. The smallest absolute Gasteiger partial charge is 0.340 e. The molecule has 0 heterocycles. The highest BCUT2D eigenvalue weighted by Crippen LogP contribution is 2.29. The molecular formula is C11H13Cl2NO5S. The first kappa shape index (κ1) is 17.2. The van der Waals surface area contributed by atoms with Gasteiger partial charge in [0.1, 0.15) is 6.10 Å². The molecule has 1 aromatic rings. The molecule has 0 spiro atoms. The first-order valence-electron chi connectivity index (χ1n) is 5.38. The Balaban J connectivity index is 3.17. The molecule has 0 saturated heterocycles. The van der Waals surface area contributed by atoms with E-state index in [1.54, 1.807) is 6.92 Å². The minimum atomic E-state index is -4.01. The van der Waals surface area contributed by atoms with Crippen LogP contribution in [0.1, 0.15) is 17.3 Å². The molecule has 9 heteroatoms. The predicted molar refractivity (Wildman–Crippen MR) is 74.6 cm³/mol. The molecule has 20 heavy (non-hydrogen) atoms. The topological polar surface area (TPSA) is 95.7 Å². The molecule has 1 aromatic carbocycles. The number of rotatable bonds is 5. The van der Waals surface area contributed by atoms with Crippen molar-refractivity contribution in [1.82, 2.24) is 0 Å². The Morgan fingerprint density at radius 3 is 2.50 bits per heavy atom. The third kappa shape index (κ3) is 4.32. The van der Waals surface area contributed by atoms with Gasteiger partial charge in [-0.2, -0.15) is 0 Å². The monoisotopic (exact) mass is 341 g/mol. The lowest BCUT2D eigenvalue weighted by Gasteiger charge is -2.13. The Morgan fingerprint density at radius 2 is 2.00 bits per heavy atom. The molecule has 0 saturated carbocycles. The van der Waals surface area contributed by atoms with Crippen LogP contribution in [0.3, 0.4) is 0 Å². The third-order valence-electron chi connectivity index (χ3n) is 2.26. The second-order valence-corrected chi connectivity index (χ2v) is 6.33. The molecule has 0 fully saturated rings. The van der Waals surface area contributed by atoms with Crippen molar-refractivity contribution in [3.63, 3.8) is 0 Å². The fourth-order valence-corrected chi connectivity index (χ4v) is 2.43. The average Bonchev–Trinajstić information content (AvgIpc) is 2.31. The van der Waals surface area contributed by atoms with E-state index < -0.39 is 22.1 Å². The number of methoxy groups -OCH3 is 1. The summed E-state index contributed by atoms with van der Waals surface area (Å²) in [5, 5.41) is 4.78. The summed E-state index contributed by atoms with van der Waals surface area (Å²) in [6.07, 6.45) is -0.527. The fourth-order valence-electron chi connectivity index (χ4n) is 1.39. The van der Waals surface area contributed by atoms with E-state index in [-0.39, 0.29) is 27.1 Å². The van der Waals surface area contributed by atoms with E-state index in [4.69, 9.17) is 37.8 Å². The molecule has 0 aliphatic rings. The summed E-state index contributed by atoms with van der Waals surface area (Å²) in [4.78, 5) is 11.6. The van der Waals surface area contributed by atoms with E-state index in [2.05, 4.69) is 0 Å². The Labute approximate surface area is 126 Å². The van der Waals surface area contributed by atoms with Crippen LogP contribution in [0.15, 0.2) is 17.0 Å². The van der Waals surface area contributed by atoms with Crippen molar-refractivity contribution in [1.29, 1.82) is 0 Å². The molecule has 0 bridgehead atoms. The van der Waals surface area contributed by atoms with E-state index >= 15 is 0 Å². The Morgan fingerprint density at radius 1 is 1.40 bits per heavy atom. The van der Waals surface area contributed by atoms with Crippen molar-refractivity contribution < 1.29 is 22.7 Å². The first-order valence-corrected chi connectivity index (χ1v) is 7.68. The maximum atomic E-state index is 11.9. The second-order valence-electron chi connectivity index (χ2n) is 3.98. The van der Waals surface area contributed by atoms with Crippen LogP contribution in [0.4, 0.5) is 0 Å². The van der Waals surface area contributed by atoms with Crippen LogP contribution in [0, 0.1) is 0 Å². The minimum absolute atomic E-state index is 0.103. The summed E-state index contributed by atoms with van der Waals surface area (Å²) in [5.74, 6) is -0.813. The number of benzene rings is 1. The molecule has 6 nitrogen and oxygen atoms in total. The number of nitrogens with two attached hydrogens (primary N) is 1. The van der Waals surface area contributed by atoms with Crippen LogP contribution in [0.25, 0.3) is 0 Å². The number of sulfonamides is 1. The van der Waals surface area contributed by atoms with Crippen LogP contribution in [-0.4, -0.2) is 34.2 Å².